The molecular formula is C87H116Cl2N36O6S. The van der Waals surface area contributed by atoms with Gasteiger partial charge in [0.15, 0.2) is 91.2 Å². The van der Waals surface area contributed by atoms with Gasteiger partial charge in [0, 0.05) is 198 Å². The number of halogens is 2. The van der Waals surface area contributed by atoms with Gasteiger partial charge in [0.25, 0.3) is 0 Å². The average molecular weight is 1870 g/mol. The fourth-order valence-corrected chi connectivity index (χ4v) is 18.5. The van der Waals surface area contributed by atoms with Crippen molar-refractivity contribution < 1.29 is 27.4 Å². The molecule has 18 heterocycles. The summed E-state index contributed by atoms with van der Waals surface area (Å²) in [4.78, 5) is 115. The summed E-state index contributed by atoms with van der Waals surface area (Å²) in [5, 5.41) is 4.38. The Hall–Kier alpha value is -11.2. The Kier molecular flexibility index (Phi) is 26.2. The fraction of sp³-hybridized carbons (Fsp3) is 0.586. The molecule has 3 N–H and O–H groups in total. The molecule has 22 rings (SSSR count). The van der Waals surface area contributed by atoms with Crippen molar-refractivity contribution in [2.45, 2.75) is 105 Å². The number of morpholine rings is 4. The van der Waals surface area contributed by atoms with Crippen LogP contribution in [0.4, 0.5) is 59.0 Å². The second kappa shape index (κ2) is 38.4. The molecule has 0 spiro atoms. The summed E-state index contributed by atoms with van der Waals surface area (Å²) in [6.45, 7) is 28.4. The van der Waals surface area contributed by atoms with E-state index < -0.39 is 10.0 Å². The number of nitrogen functional groups attached to an aromatic ring is 1. The number of sulfonamides is 1. The third-order valence-corrected chi connectivity index (χ3v) is 27.3. The van der Waals surface area contributed by atoms with Crippen LogP contribution in [0.5, 0.6) is 0 Å². The van der Waals surface area contributed by atoms with Gasteiger partial charge < -0.3 is 74.1 Å². The van der Waals surface area contributed by atoms with Crippen LogP contribution < -0.4 is 55.1 Å². The highest BCUT2D eigenvalue weighted by molar-refractivity contribution is 7.88. The van der Waals surface area contributed by atoms with Gasteiger partial charge in [0.05, 0.1) is 104 Å². The number of aromatic nitrogens is 24. The molecule has 0 unspecified atom stereocenters. The maximum atomic E-state index is 12.1. The van der Waals surface area contributed by atoms with Crippen LogP contribution in [0, 0.1) is 51.4 Å². The van der Waals surface area contributed by atoms with E-state index in [-0.39, 0.29) is 5.95 Å². The van der Waals surface area contributed by atoms with E-state index in [0.717, 1.165) is 230 Å². The first kappa shape index (κ1) is 90.0. The van der Waals surface area contributed by atoms with Gasteiger partial charge in [-0.05, 0) is 126 Å². The fourth-order valence-electron chi connectivity index (χ4n) is 17.2. The number of piperazine rings is 2. The number of hydrogen-bond donors (Lipinski definition) is 2. The highest BCUT2D eigenvalue weighted by Gasteiger charge is 2.37. The third kappa shape index (κ3) is 19.8. The molecule has 42 nitrogen and oxygen atoms in total. The predicted octanol–water partition coefficient (Wildman–Crippen LogP) is 6.93. The molecule has 10 aliphatic rings. The van der Waals surface area contributed by atoms with Crippen molar-refractivity contribution in [1.82, 2.24) is 128 Å². The maximum Gasteiger partial charge on any atom is 0.225 e. The highest BCUT2D eigenvalue weighted by atomic mass is 35.5. The molecule has 0 atom stereocenters. The van der Waals surface area contributed by atoms with Crippen molar-refractivity contribution >= 4 is 137 Å². The molecule has 0 radical (unpaired) electrons. The van der Waals surface area contributed by atoms with E-state index >= 15 is 0 Å². The van der Waals surface area contributed by atoms with Crippen LogP contribution in [-0.2, 0) is 55.1 Å². The zero-order valence-corrected chi connectivity index (χ0v) is 79.3. The van der Waals surface area contributed by atoms with Gasteiger partial charge in [-0.1, -0.05) is 0 Å². The monoisotopic (exact) mass is 1860 g/mol. The molecule has 132 heavy (non-hydrogen) atoms. The molecule has 10 fully saturated rings. The summed E-state index contributed by atoms with van der Waals surface area (Å²) in [7, 11) is 8.35. The Labute approximate surface area is 776 Å². The molecule has 0 aromatic carbocycles. The zero-order chi connectivity index (χ0) is 91.3. The highest BCUT2D eigenvalue weighted by Crippen LogP contribution is 2.43. The standard InChI is InChI=1S/C25H36N10O3S.C24H34N10O.C20H25ClN8O.C18H21ClN8O/c1-17-19(15-26-24(27-17)31(2)3)21-29-22(32-11-13-38-14-12-32)20-23(30-21)35(16-18-5-6-18)25(28-20)33-7-9-34(10-8-33)39(4,36)37;1-16-18(14-26-23(27-16)31(2)3)20-29-21(32-10-12-35-13-11-32)19-22(30-20)34(15-17-4-5-17)24(28-19)33-8-6-25-7-9-33;1-12-14(10-22-20(23-12)27(2)3)16-25-17(28-6-8-30-9-7-28)15-18(26-16)29(19(21)24-15)11-13-4-5-13;1-10-12(8-21-18(20)22-10)14-24-15(26-4-6-28-7-5-26)13-16(25-14)27(17(19)23-13)9-11-2-3-11/h15,18H,5-14,16H2,1-4H3;14,17,25H,4-13,15H2,1-3H3;10,13H,4-9,11H2,1-3H3;8,11H,2-7,9H2,1H3,(H2,20,21,22). The summed E-state index contributed by atoms with van der Waals surface area (Å²) >= 11 is 13.0. The van der Waals surface area contributed by atoms with Gasteiger partial charge in [0.1, 0.15) is 0 Å². The number of nitrogens with two attached hydrogens (primary N) is 1. The normalized spacial score (nSPS) is 18.2. The molecule has 12 aromatic rings. The van der Waals surface area contributed by atoms with Crippen LogP contribution in [-0.4, -0.2) is 337 Å². The van der Waals surface area contributed by atoms with Crippen LogP contribution in [0.15, 0.2) is 24.8 Å². The van der Waals surface area contributed by atoms with Crippen LogP contribution >= 0.6 is 23.2 Å². The van der Waals surface area contributed by atoms with Crippen LogP contribution in [0.2, 0.25) is 10.6 Å². The SMILES string of the molecule is Cc1nc(N(C)C)ncc1-c1nc(N2CCOCC2)c2nc(Cl)n(CC3CC3)c2n1.Cc1nc(N(C)C)ncc1-c1nc(N2CCOCC2)c2nc(N3CCN(S(C)(=O)=O)CC3)n(CC3CC3)c2n1.Cc1nc(N(C)C)ncc1-c1nc(N2CCOCC2)c2nc(N3CCNCC3)n(CC3CC3)c2n1.Cc1nc(N)ncc1-c1nc(N2CCOCC2)c2nc(Cl)n(CC3CC3)c2n1. The Morgan fingerprint density at radius 1 is 0.356 bits per heavy atom. The van der Waals surface area contributed by atoms with Gasteiger partial charge in [-0.3, -0.25) is 18.3 Å². The number of imidazole rings is 4. The number of nitrogens with one attached hydrogen (secondary N) is 1. The molecule has 45 heteroatoms. The van der Waals surface area contributed by atoms with E-state index in [1.807, 2.05) is 100 Å². The van der Waals surface area contributed by atoms with Gasteiger partial charge in [-0.25, -0.2) is 108 Å². The number of aryl methyl sites for hydroxylation is 4. The number of anilines is 10. The number of fused-ring (bicyclic) bond motifs is 4. The number of rotatable bonds is 22. The van der Waals surface area contributed by atoms with Gasteiger partial charge in [0.2, 0.25) is 56.3 Å². The topological polar surface area (TPSA) is 419 Å². The van der Waals surface area contributed by atoms with Gasteiger partial charge >= 0.3 is 0 Å². The summed E-state index contributed by atoms with van der Waals surface area (Å²) in [6, 6.07) is 0. The number of ether oxygens (including phenoxy) is 4. The van der Waals surface area contributed by atoms with Gasteiger partial charge in [-0.2, -0.15) is 4.31 Å². The lowest BCUT2D eigenvalue weighted by atomic mass is 10.2. The van der Waals surface area contributed by atoms with Crippen molar-refractivity contribution in [3.05, 3.63) is 58.1 Å². The minimum atomic E-state index is -3.22. The lowest BCUT2D eigenvalue weighted by Crippen LogP contribution is -2.49. The van der Waals surface area contributed by atoms with Gasteiger partial charge in [-0.15, -0.1) is 0 Å². The second-order valence-corrected chi connectivity index (χ2v) is 38.8. The lowest BCUT2D eigenvalue weighted by Gasteiger charge is -2.34. The second-order valence-electron chi connectivity index (χ2n) is 36.2. The van der Waals surface area contributed by atoms with Crippen molar-refractivity contribution in [1.29, 1.82) is 0 Å². The number of nitrogens with zero attached hydrogens (tertiary/aromatic N) is 34. The Balaban J connectivity index is 0.000000114. The molecular weight excluding hydrogens is 1750 g/mol. The lowest BCUT2D eigenvalue weighted by molar-refractivity contribution is 0.122. The quantitative estimate of drug-likeness (QED) is 0.0649. The largest absolute Gasteiger partial charge is 0.378 e. The molecule has 0 amide bonds. The molecule has 700 valence electrons. The third-order valence-electron chi connectivity index (χ3n) is 25.4. The van der Waals surface area contributed by atoms with E-state index in [0.29, 0.717) is 154 Å². The van der Waals surface area contributed by atoms with E-state index in [1.54, 1.807) is 18.6 Å². The van der Waals surface area contributed by atoms with Crippen molar-refractivity contribution in [3.8, 4) is 45.6 Å². The molecule has 4 saturated carbocycles. The molecule has 6 aliphatic heterocycles. The maximum absolute atomic E-state index is 12.1. The van der Waals surface area contributed by atoms with E-state index in [9.17, 15) is 8.42 Å². The minimum Gasteiger partial charge on any atom is -0.378 e. The first-order valence-electron chi connectivity index (χ1n) is 45.9. The molecule has 12 aromatic heterocycles. The summed E-state index contributed by atoms with van der Waals surface area (Å²) in [5.74, 6) is 12.3. The first-order chi connectivity index (χ1) is 63.9. The Bertz CT molecular complexity index is 6320. The Morgan fingerprint density at radius 3 is 0.924 bits per heavy atom. The Morgan fingerprint density at radius 2 is 0.636 bits per heavy atom. The molecule has 4 aliphatic carbocycles. The van der Waals surface area contributed by atoms with Crippen LogP contribution in [0.3, 0.4) is 0 Å². The first-order valence-corrected chi connectivity index (χ1v) is 48.5. The van der Waals surface area contributed by atoms with Crippen molar-refractivity contribution in [2.24, 2.45) is 23.7 Å². The average Bonchev–Trinajstić information content (AvgIpc) is 1.59. The zero-order valence-electron chi connectivity index (χ0n) is 77.0. The van der Waals surface area contributed by atoms with Crippen LogP contribution in [0.1, 0.15) is 74.1 Å². The summed E-state index contributed by atoms with van der Waals surface area (Å²) < 4.78 is 56.6. The number of hydrogen-bond acceptors (Lipinski definition) is 37. The van der Waals surface area contributed by atoms with Crippen LogP contribution in [0.25, 0.3) is 90.2 Å². The van der Waals surface area contributed by atoms with Crippen molar-refractivity contribution in [3.63, 3.8) is 0 Å². The minimum absolute atomic E-state index is 0.234. The van der Waals surface area contributed by atoms with E-state index in [4.69, 9.17) is 103 Å². The smallest absolute Gasteiger partial charge is 0.225 e. The van der Waals surface area contributed by atoms with E-state index in [2.05, 4.69) is 88.7 Å². The summed E-state index contributed by atoms with van der Waals surface area (Å²) in [5.41, 5.74) is 18.5. The molecule has 0 bridgehead atoms. The predicted molar refractivity (Wildman–Crippen MR) is 508 cm³/mol. The molecule has 6 saturated heterocycles. The van der Waals surface area contributed by atoms with Crippen molar-refractivity contribution in [2.75, 3.05) is 256 Å². The summed E-state index contributed by atoms with van der Waals surface area (Å²) in [6.07, 6.45) is 18.2. The van der Waals surface area contributed by atoms with E-state index in [1.165, 1.54) is 61.9 Å².